The predicted molar refractivity (Wildman–Crippen MR) is 47.4 cm³/mol. The number of alkyl halides is 6. The first-order chi connectivity index (χ1) is 8.09. The van der Waals surface area contributed by atoms with Crippen LogP contribution in [0.25, 0.3) is 0 Å². The highest BCUT2D eigenvalue weighted by Crippen LogP contribution is 2.41. The van der Waals surface area contributed by atoms with Crippen molar-refractivity contribution in [1.29, 1.82) is 0 Å². The quantitative estimate of drug-likeness (QED) is 0.782. The largest absolute Gasteiger partial charge is 0.409 e. The zero-order valence-corrected chi connectivity index (χ0v) is 9.05. The molecule has 106 valence electrons. The summed E-state index contributed by atoms with van der Waals surface area (Å²) < 4.78 is 73.9. The van der Waals surface area contributed by atoms with Gasteiger partial charge in [0.15, 0.2) is 0 Å². The Morgan fingerprint density at radius 1 is 1.22 bits per heavy atom. The van der Waals surface area contributed by atoms with Crippen molar-refractivity contribution in [2.45, 2.75) is 31.2 Å². The third-order valence-corrected chi connectivity index (χ3v) is 2.77. The second kappa shape index (κ2) is 4.94. The minimum atomic E-state index is -5.68. The van der Waals surface area contributed by atoms with Gasteiger partial charge in [0.05, 0.1) is 12.6 Å². The first-order valence-corrected chi connectivity index (χ1v) is 5.13. The lowest BCUT2D eigenvalue weighted by Gasteiger charge is -2.29. The molecule has 1 rings (SSSR count). The molecule has 1 aliphatic heterocycles. The van der Waals surface area contributed by atoms with Gasteiger partial charge in [-0.2, -0.15) is 26.3 Å². The van der Waals surface area contributed by atoms with Gasteiger partial charge in [0.1, 0.15) is 0 Å². The van der Waals surface area contributed by atoms with Gasteiger partial charge in [-0.05, 0) is 12.8 Å². The first-order valence-electron chi connectivity index (χ1n) is 5.13. The third-order valence-electron chi connectivity index (χ3n) is 2.77. The van der Waals surface area contributed by atoms with Gasteiger partial charge in [-0.15, -0.1) is 0 Å². The summed E-state index contributed by atoms with van der Waals surface area (Å²) in [5.41, 5.74) is 0. The Bertz CT molecular complexity index is 299. The van der Waals surface area contributed by atoms with Crippen LogP contribution in [0.1, 0.15) is 12.8 Å². The molecule has 0 aromatic rings. The number of carbonyl (C=O) groups is 1. The first kappa shape index (κ1) is 15.1. The molecule has 1 amide bonds. The van der Waals surface area contributed by atoms with Crippen molar-refractivity contribution >= 4 is 5.91 Å². The van der Waals surface area contributed by atoms with Crippen molar-refractivity contribution < 1.29 is 36.2 Å². The maximum Gasteiger partial charge on any atom is 0.409 e. The molecule has 3 nitrogen and oxygen atoms in total. The monoisotopic (exact) mass is 279 g/mol. The van der Waals surface area contributed by atoms with E-state index in [-0.39, 0.29) is 19.4 Å². The summed E-state index contributed by atoms with van der Waals surface area (Å²) >= 11 is 0. The average molecular weight is 279 g/mol. The molecule has 0 spiro atoms. The third kappa shape index (κ3) is 3.06. The van der Waals surface area contributed by atoms with Crippen molar-refractivity contribution in [2.24, 2.45) is 5.92 Å². The highest BCUT2D eigenvalue weighted by molar-refractivity contribution is 5.81. The van der Waals surface area contributed by atoms with E-state index < -0.39 is 36.8 Å². The lowest BCUT2D eigenvalue weighted by molar-refractivity contribution is -0.277. The number of carbonyl (C=O) groups excluding carboxylic acids is 1. The lowest BCUT2D eigenvalue weighted by Crippen LogP contribution is -2.51. The minimum absolute atomic E-state index is 0.199. The van der Waals surface area contributed by atoms with Crippen LogP contribution in [-0.2, 0) is 4.79 Å². The molecule has 0 aliphatic carbocycles. The van der Waals surface area contributed by atoms with Crippen LogP contribution in [0.4, 0.5) is 26.3 Å². The van der Waals surface area contributed by atoms with Crippen molar-refractivity contribution in [3.05, 3.63) is 0 Å². The molecule has 1 unspecified atom stereocenters. The van der Waals surface area contributed by atoms with Gasteiger partial charge in [0, 0.05) is 6.54 Å². The van der Waals surface area contributed by atoms with Crippen LogP contribution < -0.4 is 0 Å². The smallest absolute Gasteiger partial charge is 0.394 e. The number of rotatable bonds is 2. The highest BCUT2D eigenvalue weighted by atomic mass is 19.4. The van der Waals surface area contributed by atoms with Crippen LogP contribution in [0.15, 0.2) is 0 Å². The molecular weight excluding hydrogens is 268 g/mol. The van der Waals surface area contributed by atoms with Crippen LogP contribution in [0.2, 0.25) is 0 Å². The van der Waals surface area contributed by atoms with E-state index in [4.69, 9.17) is 5.11 Å². The molecule has 1 aliphatic rings. The second-order valence-electron chi connectivity index (χ2n) is 4.03. The fraction of sp³-hybridized carbons (Fsp3) is 0.889. The number of hydrogen-bond acceptors (Lipinski definition) is 2. The number of hydrogen-bond donors (Lipinski definition) is 1. The molecule has 1 atom stereocenters. The molecule has 1 saturated heterocycles. The number of halogens is 6. The van der Waals surface area contributed by atoms with Crippen molar-refractivity contribution in [3.8, 4) is 0 Å². The van der Waals surface area contributed by atoms with Crippen LogP contribution >= 0.6 is 0 Å². The van der Waals surface area contributed by atoms with E-state index in [1.165, 1.54) is 0 Å². The SMILES string of the molecule is O=C(C(C(F)(F)F)C(F)(F)F)N1CCCC1CO. The van der Waals surface area contributed by atoms with Gasteiger partial charge in [-0.25, -0.2) is 0 Å². The molecule has 0 radical (unpaired) electrons. The Morgan fingerprint density at radius 3 is 2.11 bits per heavy atom. The van der Waals surface area contributed by atoms with Gasteiger partial charge in [-0.1, -0.05) is 0 Å². The van der Waals surface area contributed by atoms with Gasteiger partial charge in [-0.3, -0.25) is 4.79 Å². The summed E-state index contributed by atoms with van der Waals surface area (Å²) in [7, 11) is 0. The minimum Gasteiger partial charge on any atom is -0.394 e. The summed E-state index contributed by atoms with van der Waals surface area (Å²) in [4.78, 5) is 11.8. The summed E-state index contributed by atoms with van der Waals surface area (Å²) in [5, 5.41) is 8.82. The molecule has 18 heavy (non-hydrogen) atoms. The highest BCUT2D eigenvalue weighted by Gasteiger charge is 2.62. The lowest BCUT2D eigenvalue weighted by atomic mass is 10.1. The van der Waals surface area contributed by atoms with Gasteiger partial charge < -0.3 is 10.0 Å². The van der Waals surface area contributed by atoms with Crippen molar-refractivity contribution in [3.63, 3.8) is 0 Å². The maximum absolute atomic E-state index is 12.3. The summed E-state index contributed by atoms with van der Waals surface area (Å²) in [6.45, 7) is -0.846. The molecule has 1 heterocycles. The molecule has 1 fully saturated rings. The van der Waals surface area contributed by atoms with Crippen LogP contribution in [0, 0.1) is 5.92 Å². The Morgan fingerprint density at radius 2 is 1.72 bits per heavy atom. The van der Waals surface area contributed by atoms with Crippen molar-refractivity contribution in [2.75, 3.05) is 13.2 Å². The summed E-state index contributed by atoms with van der Waals surface area (Å²) in [6, 6.07) is -0.968. The van der Waals surface area contributed by atoms with E-state index in [2.05, 4.69) is 0 Å². The Hall–Kier alpha value is -0.990. The fourth-order valence-electron chi connectivity index (χ4n) is 1.95. The molecule has 0 bridgehead atoms. The van der Waals surface area contributed by atoms with E-state index >= 15 is 0 Å². The fourth-order valence-corrected chi connectivity index (χ4v) is 1.95. The number of amides is 1. The maximum atomic E-state index is 12.3. The summed E-state index contributed by atoms with van der Waals surface area (Å²) in [6.07, 6.45) is -10.9. The second-order valence-corrected chi connectivity index (χ2v) is 4.03. The van der Waals surface area contributed by atoms with Gasteiger partial charge in [0.2, 0.25) is 11.8 Å². The predicted octanol–water partition coefficient (Wildman–Crippen LogP) is 1.71. The molecule has 0 aromatic heterocycles. The Labute approximate surface area is 98.4 Å². The zero-order valence-electron chi connectivity index (χ0n) is 9.05. The van der Waals surface area contributed by atoms with E-state index in [0.29, 0.717) is 4.90 Å². The summed E-state index contributed by atoms with van der Waals surface area (Å²) in [5.74, 6) is -6.05. The van der Waals surface area contributed by atoms with E-state index in [1.807, 2.05) is 0 Å². The number of nitrogens with zero attached hydrogens (tertiary/aromatic N) is 1. The van der Waals surface area contributed by atoms with E-state index in [1.54, 1.807) is 0 Å². The topological polar surface area (TPSA) is 40.5 Å². The molecular formula is C9H11F6NO2. The van der Waals surface area contributed by atoms with E-state index in [9.17, 15) is 31.1 Å². The van der Waals surface area contributed by atoms with Crippen molar-refractivity contribution in [1.82, 2.24) is 4.90 Å². The van der Waals surface area contributed by atoms with Crippen LogP contribution in [-0.4, -0.2) is 47.5 Å². The molecule has 0 aromatic carbocycles. The normalized spacial score (nSPS) is 21.8. The average Bonchev–Trinajstić information content (AvgIpc) is 2.59. The van der Waals surface area contributed by atoms with Crippen LogP contribution in [0.5, 0.6) is 0 Å². The number of aliphatic hydroxyl groups is 1. The Balaban J connectivity index is 2.97. The number of likely N-dealkylation sites (tertiary alicyclic amines) is 1. The van der Waals surface area contributed by atoms with Gasteiger partial charge >= 0.3 is 12.4 Å². The zero-order chi connectivity index (χ0) is 14.1. The molecule has 0 saturated carbocycles. The van der Waals surface area contributed by atoms with Gasteiger partial charge in [0.25, 0.3) is 0 Å². The Kier molecular flexibility index (Phi) is 4.14. The standard InChI is InChI=1S/C9H11F6NO2/c10-8(11,12)6(9(13,14)15)7(18)16-3-1-2-5(16)4-17/h5-6,17H,1-4H2. The van der Waals surface area contributed by atoms with E-state index in [0.717, 1.165) is 0 Å². The molecule has 9 heteroatoms. The number of aliphatic hydroxyl groups excluding tert-OH is 1. The molecule has 1 N–H and O–H groups in total. The van der Waals surface area contributed by atoms with Crippen LogP contribution in [0.3, 0.4) is 0 Å².